The van der Waals surface area contributed by atoms with Crippen LogP contribution < -0.4 is 0 Å². The molecule has 0 aliphatic heterocycles. The Morgan fingerprint density at radius 3 is 2.39 bits per heavy atom. The summed E-state index contributed by atoms with van der Waals surface area (Å²) in [6.45, 7) is 0.0350. The first-order valence-electron chi connectivity index (χ1n) is 6.80. The maximum atomic E-state index is 11.7. The van der Waals surface area contributed by atoms with E-state index in [2.05, 4.69) is 4.99 Å². The lowest BCUT2D eigenvalue weighted by molar-refractivity contribution is -0.129. The van der Waals surface area contributed by atoms with Crippen molar-refractivity contribution >= 4 is 29.4 Å². The molecule has 0 radical (unpaired) electrons. The first-order valence-corrected chi connectivity index (χ1v) is 7.18. The molecule has 0 saturated carbocycles. The number of carboxylic acids is 1. The van der Waals surface area contributed by atoms with Gasteiger partial charge >= 0.3 is 12.1 Å². The summed E-state index contributed by atoms with van der Waals surface area (Å²) in [4.78, 5) is 26.4. The van der Waals surface area contributed by atoms with Gasteiger partial charge in [-0.15, -0.1) is 0 Å². The van der Waals surface area contributed by atoms with E-state index in [4.69, 9.17) is 21.4 Å². The molecule has 23 heavy (non-hydrogen) atoms. The standard InChI is InChI=1S/C17H14ClNO4/c18-14-8-4-7-13(9-14)10-15(16(20)21)19-17(22)23-11-12-5-2-1-3-6-12/h1-9H,10-11H2,(H,20,21). The normalized spacial score (nSPS) is 11.1. The summed E-state index contributed by atoms with van der Waals surface area (Å²) in [5, 5.41) is 9.65. The molecule has 0 aliphatic carbocycles. The molecule has 0 bridgehead atoms. The summed E-state index contributed by atoms with van der Waals surface area (Å²) in [6.07, 6.45) is -0.954. The van der Waals surface area contributed by atoms with Crippen LogP contribution in [0, 0.1) is 0 Å². The summed E-state index contributed by atoms with van der Waals surface area (Å²) >= 11 is 5.85. The van der Waals surface area contributed by atoms with Crippen molar-refractivity contribution in [1.29, 1.82) is 0 Å². The van der Waals surface area contributed by atoms with Crippen LogP contribution in [0.3, 0.4) is 0 Å². The SMILES string of the molecule is O=C(N=C(Cc1cccc(Cl)c1)C(=O)O)OCc1ccccc1. The molecule has 2 aromatic rings. The summed E-state index contributed by atoms with van der Waals surface area (Å²) in [6, 6.07) is 15.8. The number of hydrogen-bond donors (Lipinski definition) is 1. The van der Waals surface area contributed by atoms with E-state index in [1.807, 2.05) is 18.2 Å². The number of amides is 1. The number of halogens is 1. The topological polar surface area (TPSA) is 76.0 Å². The molecule has 6 heteroatoms. The highest BCUT2D eigenvalue weighted by molar-refractivity contribution is 6.37. The van der Waals surface area contributed by atoms with Crippen LogP contribution in [0.2, 0.25) is 5.02 Å². The zero-order valence-corrected chi connectivity index (χ0v) is 12.9. The fourth-order valence-electron chi connectivity index (χ4n) is 1.87. The third kappa shape index (κ3) is 5.56. The zero-order chi connectivity index (χ0) is 16.7. The van der Waals surface area contributed by atoms with Crippen LogP contribution in [-0.2, 0) is 22.6 Å². The van der Waals surface area contributed by atoms with Gasteiger partial charge in [-0.25, -0.2) is 9.59 Å². The van der Waals surface area contributed by atoms with Crippen LogP contribution in [-0.4, -0.2) is 22.9 Å². The van der Waals surface area contributed by atoms with Gasteiger partial charge in [0, 0.05) is 11.4 Å². The molecule has 0 aliphatic rings. The summed E-state index contributed by atoms with van der Waals surface area (Å²) in [5.74, 6) is -1.28. The van der Waals surface area contributed by atoms with Crippen molar-refractivity contribution in [2.24, 2.45) is 4.99 Å². The lowest BCUT2D eigenvalue weighted by Crippen LogP contribution is -2.18. The van der Waals surface area contributed by atoms with Gasteiger partial charge < -0.3 is 9.84 Å². The van der Waals surface area contributed by atoms with Gasteiger partial charge in [-0.2, -0.15) is 4.99 Å². The number of rotatable bonds is 5. The average Bonchev–Trinajstić information content (AvgIpc) is 2.53. The van der Waals surface area contributed by atoms with Gasteiger partial charge in [-0.1, -0.05) is 54.1 Å². The number of carboxylic acid groups (broad SMARTS) is 1. The fourth-order valence-corrected chi connectivity index (χ4v) is 2.08. The predicted octanol–water partition coefficient (Wildman–Crippen LogP) is 3.74. The van der Waals surface area contributed by atoms with E-state index < -0.39 is 12.1 Å². The molecule has 0 aromatic heterocycles. The number of aliphatic imine (C=N–C) groups is 1. The second-order valence-corrected chi connectivity index (χ2v) is 5.15. The molecule has 0 saturated heterocycles. The lowest BCUT2D eigenvalue weighted by Gasteiger charge is -2.04. The number of ether oxygens (including phenoxy) is 1. The van der Waals surface area contributed by atoms with Gasteiger partial charge in [0.2, 0.25) is 0 Å². The highest BCUT2D eigenvalue weighted by Gasteiger charge is 2.14. The molecule has 2 rings (SSSR count). The quantitative estimate of drug-likeness (QED) is 0.847. The van der Waals surface area contributed by atoms with Crippen LogP contribution in [0.1, 0.15) is 11.1 Å². The van der Waals surface area contributed by atoms with Crippen LogP contribution in [0.4, 0.5) is 4.79 Å². The van der Waals surface area contributed by atoms with Crippen LogP contribution in [0.15, 0.2) is 59.6 Å². The maximum Gasteiger partial charge on any atom is 0.434 e. The largest absolute Gasteiger partial charge is 0.477 e. The van der Waals surface area contributed by atoms with Crippen LogP contribution in [0.5, 0.6) is 0 Å². The number of nitrogens with zero attached hydrogens (tertiary/aromatic N) is 1. The van der Waals surface area contributed by atoms with Gasteiger partial charge in [0.25, 0.3) is 0 Å². The maximum absolute atomic E-state index is 11.7. The molecule has 1 N–H and O–H groups in total. The fraction of sp³-hybridized carbons (Fsp3) is 0.118. The van der Waals surface area contributed by atoms with Crippen molar-refractivity contribution in [3.8, 4) is 0 Å². The average molecular weight is 332 g/mol. The van der Waals surface area contributed by atoms with E-state index in [0.717, 1.165) is 5.56 Å². The molecule has 0 spiro atoms. The van der Waals surface area contributed by atoms with E-state index in [-0.39, 0.29) is 18.7 Å². The smallest absolute Gasteiger partial charge is 0.434 e. The Labute approximate surface area is 138 Å². The molecule has 0 fully saturated rings. The second-order valence-electron chi connectivity index (χ2n) is 4.71. The van der Waals surface area contributed by atoms with E-state index in [9.17, 15) is 9.59 Å². The minimum Gasteiger partial charge on any atom is -0.477 e. The molecule has 0 unspecified atom stereocenters. The monoisotopic (exact) mass is 331 g/mol. The molecular weight excluding hydrogens is 318 g/mol. The molecule has 0 atom stereocenters. The zero-order valence-electron chi connectivity index (χ0n) is 12.1. The van der Waals surface area contributed by atoms with Crippen molar-refractivity contribution in [3.63, 3.8) is 0 Å². The van der Waals surface area contributed by atoms with Crippen molar-refractivity contribution in [2.45, 2.75) is 13.0 Å². The van der Waals surface area contributed by atoms with E-state index >= 15 is 0 Å². The Morgan fingerprint density at radius 1 is 1.04 bits per heavy atom. The van der Waals surface area contributed by atoms with Gasteiger partial charge in [-0.3, -0.25) is 0 Å². The van der Waals surface area contributed by atoms with Crippen LogP contribution >= 0.6 is 11.6 Å². The summed E-state index contributed by atoms with van der Waals surface area (Å²) in [5.41, 5.74) is 1.14. The van der Waals surface area contributed by atoms with E-state index in [1.54, 1.807) is 36.4 Å². The molecule has 5 nitrogen and oxygen atoms in total. The molecular formula is C17H14ClNO4. The Balaban J connectivity index is 2.03. The number of aliphatic carboxylic acids is 1. The minimum absolute atomic E-state index is 0.0175. The Bertz CT molecular complexity index is 728. The first kappa shape index (κ1) is 16.7. The molecule has 1 amide bonds. The van der Waals surface area contributed by atoms with Gasteiger partial charge in [0.05, 0.1) is 0 Å². The third-order valence-electron chi connectivity index (χ3n) is 2.94. The highest BCUT2D eigenvalue weighted by Crippen LogP contribution is 2.12. The Kier molecular flexibility index (Phi) is 5.88. The number of benzene rings is 2. The molecule has 118 valence electrons. The number of carbonyl (C=O) groups is 2. The number of carbonyl (C=O) groups excluding carboxylic acids is 1. The van der Waals surface area contributed by atoms with Crippen molar-refractivity contribution in [2.75, 3.05) is 0 Å². The second kappa shape index (κ2) is 8.10. The minimum atomic E-state index is -1.28. The van der Waals surface area contributed by atoms with Crippen LogP contribution in [0.25, 0.3) is 0 Å². The Hall–Kier alpha value is -2.66. The lowest BCUT2D eigenvalue weighted by atomic mass is 10.1. The van der Waals surface area contributed by atoms with Gasteiger partial charge in [-0.05, 0) is 23.3 Å². The first-order chi connectivity index (χ1) is 11.0. The predicted molar refractivity (Wildman–Crippen MR) is 86.9 cm³/mol. The highest BCUT2D eigenvalue weighted by atomic mass is 35.5. The Morgan fingerprint density at radius 2 is 1.74 bits per heavy atom. The van der Waals surface area contributed by atoms with Crippen molar-refractivity contribution in [3.05, 3.63) is 70.7 Å². The van der Waals surface area contributed by atoms with E-state index in [0.29, 0.717) is 10.6 Å². The van der Waals surface area contributed by atoms with Gasteiger partial charge in [0.1, 0.15) is 12.3 Å². The summed E-state index contributed by atoms with van der Waals surface area (Å²) < 4.78 is 4.95. The van der Waals surface area contributed by atoms with E-state index in [1.165, 1.54) is 0 Å². The third-order valence-corrected chi connectivity index (χ3v) is 3.17. The van der Waals surface area contributed by atoms with Crippen molar-refractivity contribution < 1.29 is 19.4 Å². The number of hydrogen-bond acceptors (Lipinski definition) is 3. The van der Waals surface area contributed by atoms with Crippen molar-refractivity contribution in [1.82, 2.24) is 0 Å². The summed E-state index contributed by atoms with van der Waals surface area (Å²) in [7, 11) is 0. The van der Waals surface area contributed by atoms with Gasteiger partial charge in [0.15, 0.2) is 0 Å². The molecule has 0 heterocycles. The molecule has 2 aromatic carbocycles.